The van der Waals surface area contributed by atoms with E-state index >= 15 is 0 Å². The lowest BCUT2D eigenvalue weighted by Gasteiger charge is -2.11. The van der Waals surface area contributed by atoms with Crippen LogP contribution in [-0.4, -0.2) is 12.3 Å². The van der Waals surface area contributed by atoms with Crippen molar-refractivity contribution in [1.82, 2.24) is 0 Å². The van der Waals surface area contributed by atoms with Gasteiger partial charge in [0.15, 0.2) is 0 Å². The predicted octanol–water partition coefficient (Wildman–Crippen LogP) is 3.71. The highest BCUT2D eigenvalue weighted by molar-refractivity contribution is 6.15. The number of benzene rings is 2. The molecule has 1 aliphatic heterocycles. The van der Waals surface area contributed by atoms with Gasteiger partial charge in [-0.3, -0.25) is 4.99 Å². The molecule has 2 nitrogen and oxygen atoms in total. The van der Waals surface area contributed by atoms with Crippen LogP contribution < -0.4 is 5.73 Å². The number of hydrogen-bond acceptors (Lipinski definition) is 2. The number of nitrogens with zero attached hydrogens (tertiary/aromatic N) is 1. The van der Waals surface area contributed by atoms with Crippen LogP contribution in [0.5, 0.6) is 0 Å². The predicted molar refractivity (Wildman–Crippen MR) is 87.5 cm³/mol. The van der Waals surface area contributed by atoms with E-state index in [-0.39, 0.29) is 0 Å². The molecule has 0 atom stereocenters. The first-order valence-corrected chi connectivity index (χ1v) is 7.53. The van der Waals surface area contributed by atoms with Gasteiger partial charge in [0.05, 0.1) is 12.3 Å². The van der Waals surface area contributed by atoms with Gasteiger partial charge in [0.1, 0.15) is 0 Å². The second-order valence-electron chi connectivity index (χ2n) is 5.79. The van der Waals surface area contributed by atoms with Crippen LogP contribution in [0.3, 0.4) is 0 Å². The van der Waals surface area contributed by atoms with Crippen molar-refractivity contribution in [3.63, 3.8) is 0 Å². The zero-order chi connectivity index (χ0) is 14.2. The smallest absolute Gasteiger partial charge is 0.0729 e. The number of rotatable bonds is 2. The maximum absolute atomic E-state index is 6.15. The summed E-state index contributed by atoms with van der Waals surface area (Å²) >= 11 is 0. The Morgan fingerprint density at radius 2 is 1.62 bits per heavy atom. The van der Waals surface area contributed by atoms with Crippen LogP contribution in [0, 0.1) is 0 Å². The van der Waals surface area contributed by atoms with Crippen LogP contribution in [0.2, 0.25) is 0 Å². The van der Waals surface area contributed by atoms with E-state index in [1.807, 2.05) is 18.2 Å². The van der Waals surface area contributed by atoms with Crippen LogP contribution in [0.1, 0.15) is 41.0 Å². The van der Waals surface area contributed by atoms with Gasteiger partial charge in [0.2, 0.25) is 0 Å². The summed E-state index contributed by atoms with van der Waals surface area (Å²) in [6.07, 6.45) is 4.66. The fraction of sp³-hybridized carbons (Fsp3) is 0.211. The van der Waals surface area contributed by atoms with Gasteiger partial charge < -0.3 is 5.73 Å². The minimum absolute atomic E-state index is 0.639. The summed E-state index contributed by atoms with van der Waals surface area (Å²) in [5.41, 5.74) is 12.9. The Labute approximate surface area is 125 Å². The molecule has 2 N–H and O–H groups in total. The number of fused-ring (bicyclic) bond motifs is 1. The second-order valence-corrected chi connectivity index (χ2v) is 5.79. The average Bonchev–Trinajstić information content (AvgIpc) is 3.36. The summed E-state index contributed by atoms with van der Waals surface area (Å²) in [6.45, 7) is 0.639. The molecule has 0 radical (unpaired) electrons. The maximum Gasteiger partial charge on any atom is 0.0729 e. The quantitative estimate of drug-likeness (QED) is 0.890. The van der Waals surface area contributed by atoms with Crippen LogP contribution in [0.4, 0.5) is 0 Å². The average molecular weight is 274 g/mol. The molecule has 0 amide bonds. The van der Waals surface area contributed by atoms with Gasteiger partial charge >= 0.3 is 0 Å². The molecular weight excluding hydrogens is 256 g/mol. The Morgan fingerprint density at radius 1 is 0.905 bits per heavy atom. The first-order valence-electron chi connectivity index (χ1n) is 7.53. The molecule has 2 aliphatic rings. The molecule has 2 aromatic rings. The van der Waals surface area contributed by atoms with Crippen molar-refractivity contribution in [3.8, 4) is 0 Å². The first-order chi connectivity index (χ1) is 10.3. The van der Waals surface area contributed by atoms with Crippen molar-refractivity contribution in [2.45, 2.75) is 18.8 Å². The molecule has 4 rings (SSSR count). The third-order valence-corrected chi connectivity index (χ3v) is 4.29. The van der Waals surface area contributed by atoms with E-state index in [1.165, 1.54) is 24.0 Å². The maximum atomic E-state index is 6.15. The van der Waals surface area contributed by atoms with Crippen molar-refractivity contribution in [2.24, 2.45) is 10.7 Å². The zero-order valence-corrected chi connectivity index (χ0v) is 11.9. The summed E-state index contributed by atoms with van der Waals surface area (Å²) in [4.78, 5) is 4.74. The fourth-order valence-electron chi connectivity index (χ4n) is 2.95. The van der Waals surface area contributed by atoms with Gasteiger partial charge in [0, 0.05) is 22.4 Å². The van der Waals surface area contributed by atoms with Gasteiger partial charge in [0.25, 0.3) is 0 Å². The van der Waals surface area contributed by atoms with E-state index in [1.54, 1.807) is 0 Å². The third-order valence-electron chi connectivity index (χ3n) is 4.29. The standard InChI is InChI=1S/C19H18N2/c20-18-11-12-21-19(17-4-2-1-3-16(17)18)15-9-7-14(8-10-15)13-5-6-13/h1-4,7-11,13H,5-6,12,20H2. The molecule has 0 spiro atoms. The largest absolute Gasteiger partial charge is 0.398 e. The molecular formula is C19H18N2. The fourth-order valence-corrected chi connectivity index (χ4v) is 2.95. The molecule has 2 heteroatoms. The summed E-state index contributed by atoms with van der Waals surface area (Å²) in [5.74, 6) is 0.791. The molecule has 2 aromatic carbocycles. The molecule has 1 saturated carbocycles. The first kappa shape index (κ1) is 12.4. The van der Waals surface area contributed by atoms with E-state index in [0.717, 1.165) is 28.5 Å². The lowest BCUT2D eigenvalue weighted by atomic mass is 9.95. The lowest BCUT2D eigenvalue weighted by molar-refractivity contribution is 1.13. The van der Waals surface area contributed by atoms with Gasteiger partial charge in [-0.1, -0.05) is 48.5 Å². The molecule has 0 bridgehead atoms. The number of aliphatic imine (C=N–C) groups is 1. The molecule has 0 unspecified atom stereocenters. The third kappa shape index (κ3) is 2.27. The lowest BCUT2D eigenvalue weighted by Crippen LogP contribution is -2.07. The zero-order valence-electron chi connectivity index (χ0n) is 11.9. The molecule has 0 aromatic heterocycles. The molecule has 1 fully saturated rings. The minimum Gasteiger partial charge on any atom is -0.398 e. The molecule has 104 valence electrons. The SMILES string of the molecule is NC1=CCN=C(c2ccc(C3CC3)cc2)c2ccccc21. The molecule has 1 heterocycles. The van der Waals surface area contributed by atoms with Crippen molar-refractivity contribution in [3.05, 3.63) is 76.9 Å². The highest BCUT2D eigenvalue weighted by atomic mass is 14.8. The van der Waals surface area contributed by atoms with Crippen molar-refractivity contribution < 1.29 is 0 Å². The Bertz CT molecular complexity index is 734. The molecule has 21 heavy (non-hydrogen) atoms. The van der Waals surface area contributed by atoms with E-state index in [2.05, 4.69) is 36.4 Å². The van der Waals surface area contributed by atoms with E-state index in [0.29, 0.717) is 6.54 Å². The Kier molecular flexibility index (Phi) is 2.88. The summed E-state index contributed by atoms with van der Waals surface area (Å²) in [7, 11) is 0. The topological polar surface area (TPSA) is 38.4 Å². The van der Waals surface area contributed by atoms with E-state index < -0.39 is 0 Å². The Balaban J connectivity index is 1.77. The highest BCUT2D eigenvalue weighted by Crippen LogP contribution is 2.40. The summed E-state index contributed by atoms with van der Waals surface area (Å²) in [5, 5.41) is 0. The van der Waals surface area contributed by atoms with Crippen LogP contribution in [0.15, 0.2) is 59.6 Å². The van der Waals surface area contributed by atoms with Gasteiger partial charge in [-0.25, -0.2) is 0 Å². The van der Waals surface area contributed by atoms with Crippen molar-refractivity contribution in [1.29, 1.82) is 0 Å². The van der Waals surface area contributed by atoms with Gasteiger partial charge in [-0.15, -0.1) is 0 Å². The van der Waals surface area contributed by atoms with E-state index in [4.69, 9.17) is 10.7 Å². The van der Waals surface area contributed by atoms with Crippen LogP contribution >= 0.6 is 0 Å². The van der Waals surface area contributed by atoms with Crippen molar-refractivity contribution in [2.75, 3.05) is 6.54 Å². The Hall–Kier alpha value is -2.35. The normalized spacial score (nSPS) is 17.5. The van der Waals surface area contributed by atoms with Crippen LogP contribution in [0.25, 0.3) is 5.70 Å². The van der Waals surface area contributed by atoms with Crippen LogP contribution in [-0.2, 0) is 0 Å². The number of hydrogen-bond donors (Lipinski definition) is 1. The number of nitrogens with two attached hydrogens (primary N) is 1. The van der Waals surface area contributed by atoms with E-state index in [9.17, 15) is 0 Å². The van der Waals surface area contributed by atoms with Gasteiger partial charge in [-0.05, 0) is 30.4 Å². The summed E-state index contributed by atoms with van der Waals surface area (Å²) in [6, 6.07) is 17.1. The monoisotopic (exact) mass is 274 g/mol. The van der Waals surface area contributed by atoms with Gasteiger partial charge in [-0.2, -0.15) is 0 Å². The highest BCUT2D eigenvalue weighted by Gasteiger charge is 2.23. The van der Waals surface area contributed by atoms with Crippen molar-refractivity contribution >= 4 is 11.4 Å². The molecule has 1 aliphatic carbocycles. The summed E-state index contributed by atoms with van der Waals surface area (Å²) < 4.78 is 0. The molecule has 0 saturated heterocycles. The minimum atomic E-state index is 0.639. The Morgan fingerprint density at radius 3 is 2.33 bits per heavy atom. The second kappa shape index (κ2) is 4.88.